The predicted molar refractivity (Wildman–Crippen MR) is 126 cm³/mol. The first-order chi connectivity index (χ1) is 15.9. The van der Waals surface area contributed by atoms with E-state index in [0.717, 1.165) is 29.7 Å². The molecule has 1 atom stereocenters. The first-order valence-electron chi connectivity index (χ1n) is 10.9. The van der Waals surface area contributed by atoms with Gasteiger partial charge in [-0.05, 0) is 36.8 Å². The van der Waals surface area contributed by atoms with Gasteiger partial charge in [-0.25, -0.2) is 0 Å². The van der Waals surface area contributed by atoms with Crippen molar-refractivity contribution in [2.75, 3.05) is 20.6 Å². The molecule has 0 aliphatic heterocycles. The molecule has 2 heterocycles. The summed E-state index contributed by atoms with van der Waals surface area (Å²) in [5, 5.41) is 8.60. The van der Waals surface area contributed by atoms with E-state index in [2.05, 4.69) is 40.9 Å². The molecule has 1 fully saturated rings. The van der Waals surface area contributed by atoms with Crippen molar-refractivity contribution in [2.24, 2.45) is 16.6 Å². The highest BCUT2D eigenvalue weighted by Gasteiger charge is 2.47. The molecular formula is C24H29N7O2. The van der Waals surface area contributed by atoms with Gasteiger partial charge in [-0.2, -0.15) is 10.1 Å². The summed E-state index contributed by atoms with van der Waals surface area (Å²) in [5.74, 6) is 1.42. The maximum Gasteiger partial charge on any atom is 0.261 e. The lowest BCUT2D eigenvalue weighted by Crippen LogP contribution is -2.28. The van der Waals surface area contributed by atoms with E-state index in [1.807, 2.05) is 12.1 Å². The number of hydrogen-bond donors (Lipinski definition) is 1. The molecule has 172 valence electrons. The SMILES string of the molecule is C=CN=C(CN)c1ccc(C(C)(c2noc(-c3cnn(CC(=O)N(C)C)c3)n2)C2CC2)cc1. The summed E-state index contributed by atoms with van der Waals surface area (Å²) in [5.41, 5.74) is 9.00. The van der Waals surface area contributed by atoms with Crippen LogP contribution >= 0.6 is 0 Å². The van der Waals surface area contributed by atoms with Crippen molar-refractivity contribution in [1.29, 1.82) is 0 Å². The minimum absolute atomic E-state index is 0.0449. The second-order valence-electron chi connectivity index (χ2n) is 8.65. The maximum absolute atomic E-state index is 11.9. The maximum atomic E-state index is 11.9. The third-order valence-electron chi connectivity index (χ3n) is 6.22. The van der Waals surface area contributed by atoms with E-state index >= 15 is 0 Å². The van der Waals surface area contributed by atoms with Crippen LogP contribution in [0.25, 0.3) is 11.5 Å². The number of aliphatic imine (C=N–C) groups is 1. The first kappa shape index (κ1) is 22.6. The fourth-order valence-electron chi connectivity index (χ4n) is 3.96. The van der Waals surface area contributed by atoms with Crippen molar-refractivity contribution in [2.45, 2.75) is 31.7 Å². The van der Waals surface area contributed by atoms with E-state index in [0.29, 0.717) is 29.7 Å². The number of nitrogens with two attached hydrogens (primary N) is 1. The molecule has 2 N–H and O–H groups in total. The smallest absolute Gasteiger partial charge is 0.261 e. The normalized spacial score (nSPS) is 15.8. The number of amides is 1. The number of nitrogens with zero attached hydrogens (tertiary/aromatic N) is 6. The largest absolute Gasteiger partial charge is 0.347 e. The molecule has 1 aromatic carbocycles. The van der Waals surface area contributed by atoms with Crippen LogP contribution in [0.2, 0.25) is 0 Å². The molecule has 0 saturated heterocycles. The molecule has 1 amide bonds. The van der Waals surface area contributed by atoms with E-state index in [4.69, 9.17) is 15.2 Å². The predicted octanol–water partition coefficient (Wildman–Crippen LogP) is 2.63. The quantitative estimate of drug-likeness (QED) is 0.504. The van der Waals surface area contributed by atoms with Gasteiger partial charge in [-0.3, -0.25) is 14.5 Å². The standard InChI is InChI=1S/C24H29N7O2/c1-5-26-20(12-25)16-6-8-18(9-7-16)24(2,19-10-11-19)23-28-22(33-29-23)17-13-27-31(14-17)15-21(32)30(3)4/h5-9,13-14,19H,1,10-12,15,25H2,2-4H3. The fourth-order valence-corrected chi connectivity index (χ4v) is 3.96. The highest BCUT2D eigenvalue weighted by Crippen LogP contribution is 2.50. The second-order valence-corrected chi connectivity index (χ2v) is 8.65. The molecule has 1 saturated carbocycles. The lowest BCUT2D eigenvalue weighted by Gasteiger charge is -2.27. The van der Waals surface area contributed by atoms with Crippen molar-refractivity contribution >= 4 is 11.6 Å². The molecular weight excluding hydrogens is 418 g/mol. The minimum Gasteiger partial charge on any atom is -0.347 e. The summed E-state index contributed by atoms with van der Waals surface area (Å²) in [6, 6.07) is 8.22. The van der Waals surface area contributed by atoms with Crippen molar-refractivity contribution in [3.63, 3.8) is 0 Å². The number of likely N-dealkylation sites (N-methyl/N-ethyl adjacent to an activating group) is 1. The molecule has 2 aromatic heterocycles. The first-order valence-corrected chi connectivity index (χ1v) is 10.9. The van der Waals surface area contributed by atoms with Crippen LogP contribution in [0.5, 0.6) is 0 Å². The molecule has 3 aromatic rings. The number of rotatable bonds is 9. The van der Waals surface area contributed by atoms with Gasteiger partial charge >= 0.3 is 0 Å². The summed E-state index contributed by atoms with van der Waals surface area (Å²) in [7, 11) is 3.43. The summed E-state index contributed by atoms with van der Waals surface area (Å²) in [6.45, 7) is 6.31. The Bertz CT molecular complexity index is 1170. The lowest BCUT2D eigenvalue weighted by atomic mass is 9.77. The van der Waals surface area contributed by atoms with Crippen LogP contribution in [0, 0.1) is 5.92 Å². The Morgan fingerprint density at radius 3 is 2.70 bits per heavy atom. The van der Waals surface area contributed by atoms with Crippen LogP contribution in [-0.2, 0) is 16.8 Å². The van der Waals surface area contributed by atoms with Crippen molar-refractivity contribution < 1.29 is 9.32 Å². The van der Waals surface area contributed by atoms with Crippen LogP contribution in [0.1, 0.15) is 36.7 Å². The highest BCUT2D eigenvalue weighted by molar-refractivity contribution is 6.02. The number of carbonyl (C=O) groups is 1. The average molecular weight is 448 g/mol. The lowest BCUT2D eigenvalue weighted by molar-refractivity contribution is -0.129. The van der Waals surface area contributed by atoms with Crippen LogP contribution in [0.15, 0.2) is 59.0 Å². The average Bonchev–Trinajstić information content (AvgIpc) is 3.37. The number of benzene rings is 1. The van der Waals surface area contributed by atoms with Gasteiger partial charge in [0.25, 0.3) is 5.89 Å². The van der Waals surface area contributed by atoms with Gasteiger partial charge in [-0.15, -0.1) is 0 Å². The Hall–Kier alpha value is -3.59. The highest BCUT2D eigenvalue weighted by atomic mass is 16.5. The van der Waals surface area contributed by atoms with Crippen LogP contribution in [-0.4, -0.2) is 57.1 Å². The number of carbonyl (C=O) groups excluding carboxylic acids is 1. The monoisotopic (exact) mass is 447 g/mol. The van der Waals surface area contributed by atoms with Gasteiger partial charge in [0, 0.05) is 33.0 Å². The molecule has 1 aliphatic carbocycles. The van der Waals surface area contributed by atoms with Crippen molar-refractivity contribution in [3.8, 4) is 11.5 Å². The Kier molecular flexibility index (Phi) is 6.24. The van der Waals surface area contributed by atoms with Gasteiger partial charge in [0.1, 0.15) is 6.54 Å². The molecule has 0 bridgehead atoms. The molecule has 4 rings (SSSR count). The zero-order valence-electron chi connectivity index (χ0n) is 19.2. The zero-order valence-corrected chi connectivity index (χ0v) is 19.2. The molecule has 0 spiro atoms. The number of aromatic nitrogens is 4. The van der Waals surface area contributed by atoms with Crippen LogP contribution in [0.4, 0.5) is 0 Å². The van der Waals surface area contributed by atoms with Gasteiger partial charge in [0.2, 0.25) is 5.91 Å². The second kappa shape index (κ2) is 9.11. The molecule has 1 unspecified atom stereocenters. The van der Waals surface area contributed by atoms with Gasteiger partial charge in [-0.1, -0.05) is 36.0 Å². The summed E-state index contributed by atoms with van der Waals surface area (Å²) < 4.78 is 7.19. The molecule has 0 radical (unpaired) electrons. The Morgan fingerprint density at radius 2 is 2.09 bits per heavy atom. The van der Waals surface area contributed by atoms with E-state index < -0.39 is 0 Å². The topological polar surface area (TPSA) is 115 Å². The minimum atomic E-state index is -0.379. The van der Waals surface area contributed by atoms with E-state index in [9.17, 15) is 4.79 Å². The Morgan fingerprint density at radius 1 is 1.36 bits per heavy atom. The Labute approximate surface area is 193 Å². The molecule has 9 heteroatoms. The summed E-state index contributed by atoms with van der Waals surface area (Å²) in [4.78, 5) is 22.5. The third kappa shape index (κ3) is 4.49. The van der Waals surface area contributed by atoms with E-state index in [1.165, 1.54) is 11.1 Å². The van der Waals surface area contributed by atoms with Crippen molar-refractivity contribution in [3.05, 3.63) is 66.4 Å². The van der Waals surface area contributed by atoms with Gasteiger partial charge in [0.15, 0.2) is 5.82 Å². The molecule has 1 aliphatic rings. The fraction of sp³-hybridized carbons (Fsp3) is 0.375. The third-order valence-corrected chi connectivity index (χ3v) is 6.22. The van der Waals surface area contributed by atoms with Gasteiger partial charge < -0.3 is 15.2 Å². The van der Waals surface area contributed by atoms with Crippen molar-refractivity contribution in [1.82, 2.24) is 24.8 Å². The zero-order chi connectivity index (χ0) is 23.6. The van der Waals surface area contributed by atoms with Crippen LogP contribution < -0.4 is 5.73 Å². The Balaban J connectivity index is 1.61. The molecule has 9 nitrogen and oxygen atoms in total. The summed E-state index contributed by atoms with van der Waals surface area (Å²) in [6.07, 6.45) is 7.10. The van der Waals surface area contributed by atoms with Gasteiger partial charge in [0.05, 0.1) is 22.9 Å². The number of hydrogen-bond acceptors (Lipinski definition) is 7. The molecule has 33 heavy (non-hydrogen) atoms. The summed E-state index contributed by atoms with van der Waals surface area (Å²) >= 11 is 0. The van der Waals surface area contributed by atoms with E-state index in [1.54, 1.807) is 31.2 Å². The van der Waals surface area contributed by atoms with Crippen LogP contribution in [0.3, 0.4) is 0 Å². The van der Waals surface area contributed by atoms with E-state index in [-0.39, 0.29) is 17.9 Å².